The first kappa shape index (κ1) is 17.9. The van der Waals surface area contributed by atoms with E-state index in [1.807, 2.05) is 25.2 Å². The molecule has 0 aliphatic carbocycles. The van der Waals surface area contributed by atoms with Crippen LogP contribution in [0, 0.1) is 0 Å². The molecule has 2 heterocycles. The van der Waals surface area contributed by atoms with Crippen molar-refractivity contribution in [3.63, 3.8) is 0 Å². The van der Waals surface area contributed by atoms with Crippen LogP contribution < -0.4 is 10.2 Å². The number of carbonyl (C=O) groups excluding carboxylic acids is 1. The van der Waals surface area contributed by atoms with Crippen LogP contribution in [0.1, 0.15) is 16.1 Å². The number of rotatable bonds is 6. The monoisotopic (exact) mass is 366 g/mol. The van der Waals surface area contributed by atoms with E-state index < -0.39 is 0 Å². The van der Waals surface area contributed by atoms with E-state index in [-0.39, 0.29) is 5.91 Å². The van der Waals surface area contributed by atoms with Crippen molar-refractivity contribution in [2.45, 2.75) is 6.42 Å². The SMILES string of the molecule is CN(CCc1ccncc1)c1ccnc(C(=O)Nc2cccc(Cl)c2)c1. The molecule has 132 valence electrons. The zero-order chi connectivity index (χ0) is 18.4. The van der Waals surface area contributed by atoms with E-state index in [1.165, 1.54) is 5.56 Å². The number of nitrogens with one attached hydrogen (secondary N) is 1. The summed E-state index contributed by atoms with van der Waals surface area (Å²) in [6, 6.07) is 14.7. The lowest BCUT2D eigenvalue weighted by Crippen LogP contribution is -2.21. The van der Waals surface area contributed by atoms with Gasteiger partial charge in [0.2, 0.25) is 0 Å². The Morgan fingerprint density at radius 1 is 1.12 bits per heavy atom. The third-order valence-electron chi connectivity index (χ3n) is 3.98. The average Bonchev–Trinajstić information content (AvgIpc) is 2.67. The molecule has 3 rings (SSSR count). The van der Waals surface area contributed by atoms with Crippen molar-refractivity contribution in [1.29, 1.82) is 0 Å². The number of aromatic nitrogens is 2. The minimum Gasteiger partial charge on any atom is -0.374 e. The minimum atomic E-state index is -0.267. The predicted octanol–water partition coefficient (Wildman–Crippen LogP) is 4.06. The van der Waals surface area contributed by atoms with Gasteiger partial charge in [0.25, 0.3) is 5.91 Å². The predicted molar refractivity (Wildman–Crippen MR) is 105 cm³/mol. The van der Waals surface area contributed by atoms with Gasteiger partial charge in [0, 0.05) is 48.6 Å². The van der Waals surface area contributed by atoms with E-state index in [0.717, 1.165) is 18.7 Å². The third kappa shape index (κ3) is 4.80. The Labute approximate surface area is 157 Å². The lowest BCUT2D eigenvalue weighted by molar-refractivity contribution is 0.102. The van der Waals surface area contributed by atoms with E-state index in [9.17, 15) is 4.79 Å². The van der Waals surface area contributed by atoms with Crippen LogP contribution in [0.5, 0.6) is 0 Å². The molecule has 0 spiro atoms. The van der Waals surface area contributed by atoms with Crippen molar-refractivity contribution in [3.8, 4) is 0 Å². The lowest BCUT2D eigenvalue weighted by atomic mass is 10.2. The summed E-state index contributed by atoms with van der Waals surface area (Å²) in [5.74, 6) is -0.267. The number of likely N-dealkylation sites (N-methyl/N-ethyl adjacent to an activating group) is 1. The second-order valence-electron chi connectivity index (χ2n) is 5.89. The number of benzene rings is 1. The van der Waals surface area contributed by atoms with Gasteiger partial charge in [-0.1, -0.05) is 17.7 Å². The fraction of sp³-hybridized carbons (Fsp3) is 0.150. The Kier molecular flexibility index (Phi) is 5.81. The summed E-state index contributed by atoms with van der Waals surface area (Å²) < 4.78 is 0. The summed E-state index contributed by atoms with van der Waals surface area (Å²) in [6.07, 6.45) is 6.12. The molecule has 6 heteroatoms. The number of hydrogen-bond donors (Lipinski definition) is 1. The Morgan fingerprint density at radius 2 is 1.92 bits per heavy atom. The Morgan fingerprint density at radius 3 is 2.69 bits per heavy atom. The highest BCUT2D eigenvalue weighted by atomic mass is 35.5. The van der Waals surface area contributed by atoms with Gasteiger partial charge >= 0.3 is 0 Å². The molecular weight excluding hydrogens is 348 g/mol. The van der Waals surface area contributed by atoms with Gasteiger partial charge in [0.15, 0.2) is 0 Å². The summed E-state index contributed by atoms with van der Waals surface area (Å²) in [6.45, 7) is 0.823. The van der Waals surface area contributed by atoms with E-state index >= 15 is 0 Å². The molecule has 0 fully saturated rings. The number of carbonyl (C=O) groups is 1. The molecule has 0 unspecified atom stereocenters. The number of nitrogens with zero attached hydrogens (tertiary/aromatic N) is 3. The first-order chi connectivity index (χ1) is 12.6. The second-order valence-corrected chi connectivity index (χ2v) is 6.33. The standard InChI is InChI=1S/C20H19ClN4O/c1-25(12-8-15-5-9-22-10-6-15)18-7-11-23-19(14-18)20(26)24-17-4-2-3-16(21)13-17/h2-7,9-11,13-14H,8,12H2,1H3,(H,24,26). The maximum atomic E-state index is 12.4. The zero-order valence-corrected chi connectivity index (χ0v) is 15.1. The Hall–Kier alpha value is -2.92. The molecule has 1 aromatic carbocycles. The first-order valence-electron chi connectivity index (χ1n) is 8.25. The maximum absolute atomic E-state index is 12.4. The smallest absolute Gasteiger partial charge is 0.274 e. The molecule has 26 heavy (non-hydrogen) atoms. The molecule has 2 aromatic heterocycles. The van der Waals surface area contributed by atoms with E-state index in [2.05, 4.69) is 20.2 Å². The highest BCUT2D eigenvalue weighted by Gasteiger charge is 2.10. The highest BCUT2D eigenvalue weighted by molar-refractivity contribution is 6.30. The zero-order valence-electron chi connectivity index (χ0n) is 14.4. The van der Waals surface area contributed by atoms with Crippen LogP contribution in [0.15, 0.2) is 67.1 Å². The Balaban J connectivity index is 1.66. The average molecular weight is 367 g/mol. The number of amides is 1. The lowest BCUT2D eigenvalue weighted by Gasteiger charge is -2.19. The summed E-state index contributed by atoms with van der Waals surface area (Å²) in [5, 5.41) is 3.38. The van der Waals surface area contributed by atoms with Gasteiger partial charge in [-0.25, -0.2) is 0 Å². The summed E-state index contributed by atoms with van der Waals surface area (Å²) in [5.41, 5.74) is 3.16. The topological polar surface area (TPSA) is 58.1 Å². The molecular formula is C20H19ClN4O. The van der Waals surface area contributed by atoms with Crippen LogP contribution in [0.3, 0.4) is 0 Å². The summed E-state index contributed by atoms with van der Waals surface area (Å²) in [4.78, 5) is 22.7. The molecule has 0 saturated carbocycles. The molecule has 0 saturated heterocycles. The second kappa shape index (κ2) is 8.45. The van der Waals surface area contributed by atoms with Gasteiger partial charge in [-0.3, -0.25) is 14.8 Å². The number of anilines is 2. The highest BCUT2D eigenvalue weighted by Crippen LogP contribution is 2.17. The molecule has 1 amide bonds. The fourth-order valence-corrected chi connectivity index (χ4v) is 2.71. The van der Waals surface area contributed by atoms with Gasteiger partial charge in [0.1, 0.15) is 5.69 Å². The van der Waals surface area contributed by atoms with Crippen LogP contribution in [0.2, 0.25) is 5.02 Å². The van der Waals surface area contributed by atoms with E-state index in [4.69, 9.17) is 11.6 Å². The van der Waals surface area contributed by atoms with Gasteiger partial charge in [-0.2, -0.15) is 0 Å². The molecule has 3 aromatic rings. The van der Waals surface area contributed by atoms with E-state index in [1.54, 1.807) is 48.9 Å². The molecule has 0 aliphatic heterocycles. The maximum Gasteiger partial charge on any atom is 0.274 e. The number of halogens is 1. The quantitative estimate of drug-likeness (QED) is 0.714. The van der Waals surface area contributed by atoms with Gasteiger partial charge in [0.05, 0.1) is 0 Å². The fourth-order valence-electron chi connectivity index (χ4n) is 2.52. The van der Waals surface area contributed by atoms with Crippen molar-refractivity contribution >= 4 is 28.9 Å². The van der Waals surface area contributed by atoms with Gasteiger partial charge in [-0.15, -0.1) is 0 Å². The molecule has 0 atom stereocenters. The normalized spacial score (nSPS) is 10.4. The molecule has 5 nitrogen and oxygen atoms in total. The first-order valence-corrected chi connectivity index (χ1v) is 8.62. The number of pyridine rings is 2. The number of hydrogen-bond acceptors (Lipinski definition) is 4. The molecule has 0 aliphatic rings. The molecule has 1 N–H and O–H groups in total. The van der Waals surface area contributed by atoms with E-state index in [0.29, 0.717) is 16.4 Å². The van der Waals surface area contributed by atoms with Crippen molar-refractivity contribution < 1.29 is 4.79 Å². The summed E-state index contributed by atoms with van der Waals surface area (Å²) >= 11 is 5.95. The molecule has 0 radical (unpaired) electrons. The molecule has 0 bridgehead atoms. The van der Waals surface area contributed by atoms with Crippen LogP contribution in [0.4, 0.5) is 11.4 Å². The van der Waals surface area contributed by atoms with Crippen molar-refractivity contribution in [3.05, 3.63) is 83.4 Å². The van der Waals surface area contributed by atoms with Crippen LogP contribution >= 0.6 is 11.6 Å². The van der Waals surface area contributed by atoms with Gasteiger partial charge in [-0.05, 0) is 54.4 Å². The van der Waals surface area contributed by atoms with Crippen LogP contribution in [-0.4, -0.2) is 29.5 Å². The van der Waals surface area contributed by atoms with Crippen LogP contribution in [-0.2, 0) is 6.42 Å². The minimum absolute atomic E-state index is 0.267. The largest absolute Gasteiger partial charge is 0.374 e. The van der Waals surface area contributed by atoms with Crippen LogP contribution in [0.25, 0.3) is 0 Å². The van der Waals surface area contributed by atoms with Crippen molar-refractivity contribution in [1.82, 2.24) is 9.97 Å². The van der Waals surface area contributed by atoms with Crippen molar-refractivity contribution in [2.75, 3.05) is 23.8 Å². The Bertz CT molecular complexity index is 886. The third-order valence-corrected chi connectivity index (χ3v) is 4.22. The van der Waals surface area contributed by atoms with Gasteiger partial charge < -0.3 is 10.2 Å². The van der Waals surface area contributed by atoms with Crippen molar-refractivity contribution in [2.24, 2.45) is 0 Å². The summed E-state index contributed by atoms with van der Waals surface area (Å²) in [7, 11) is 2.00.